The maximum atomic E-state index is 6.07. The Balaban J connectivity index is 0.00000144. The van der Waals surface area contributed by atoms with E-state index < -0.39 is 0 Å². The molecule has 0 radical (unpaired) electrons. The van der Waals surface area contributed by atoms with E-state index in [2.05, 4.69) is 21.9 Å². The first-order chi connectivity index (χ1) is 10.8. The summed E-state index contributed by atoms with van der Waals surface area (Å²) in [5, 5.41) is 0. The lowest BCUT2D eigenvalue weighted by atomic mass is 10.1. The van der Waals surface area contributed by atoms with Crippen molar-refractivity contribution in [3.63, 3.8) is 0 Å². The molecule has 138 valence electrons. The zero-order chi connectivity index (χ0) is 15.2. The predicted molar refractivity (Wildman–Crippen MR) is 105 cm³/mol. The molecule has 0 amide bonds. The fourth-order valence-electron chi connectivity index (χ4n) is 3.54. The van der Waals surface area contributed by atoms with E-state index in [4.69, 9.17) is 10.5 Å². The van der Waals surface area contributed by atoms with Crippen LogP contribution >= 0.6 is 24.8 Å². The smallest absolute Gasteiger partial charge is 0.0600 e. The molecule has 0 bridgehead atoms. The molecule has 0 aromatic heterocycles. The quantitative estimate of drug-likeness (QED) is 0.775. The summed E-state index contributed by atoms with van der Waals surface area (Å²) in [4.78, 5) is 5.03. The van der Waals surface area contributed by atoms with Crippen LogP contribution in [0.4, 0.5) is 5.69 Å². The van der Waals surface area contributed by atoms with Gasteiger partial charge in [-0.1, -0.05) is 12.1 Å². The maximum Gasteiger partial charge on any atom is 0.0600 e. The third kappa shape index (κ3) is 6.77. The molecule has 2 saturated heterocycles. The lowest BCUT2D eigenvalue weighted by molar-refractivity contribution is -0.00115. The van der Waals surface area contributed by atoms with Gasteiger partial charge in [0.25, 0.3) is 0 Å². The SMILES string of the molecule is Cl.Cl.Nc1cccc(CN2CCC(OCCN3CCCC3)CC2)c1. The molecule has 2 heterocycles. The van der Waals surface area contributed by atoms with E-state index in [9.17, 15) is 0 Å². The number of likely N-dealkylation sites (tertiary alicyclic amines) is 2. The Morgan fingerprint density at radius 3 is 2.38 bits per heavy atom. The number of hydrogen-bond acceptors (Lipinski definition) is 4. The summed E-state index contributed by atoms with van der Waals surface area (Å²) in [6.45, 7) is 7.81. The number of nitrogens with two attached hydrogens (primary N) is 1. The first kappa shape index (κ1) is 21.5. The van der Waals surface area contributed by atoms with E-state index in [-0.39, 0.29) is 24.8 Å². The van der Waals surface area contributed by atoms with E-state index in [0.717, 1.165) is 51.3 Å². The van der Waals surface area contributed by atoms with Crippen molar-refractivity contribution in [3.05, 3.63) is 29.8 Å². The molecule has 2 aliphatic heterocycles. The fourth-order valence-corrected chi connectivity index (χ4v) is 3.54. The molecular formula is C18H31Cl2N3O. The zero-order valence-corrected chi connectivity index (χ0v) is 16.0. The van der Waals surface area contributed by atoms with Crippen LogP contribution in [-0.4, -0.2) is 55.2 Å². The second-order valence-electron chi connectivity index (χ2n) is 6.64. The summed E-state index contributed by atoms with van der Waals surface area (Å²) < 4.78 is 6.07. The van der Waals surface area contributed by atoms with Gasteiger partial charge >= 0.3 is 0 Å². The molecule has 6 heteroatoms. The van der Waals surface area contributed by atoms with Crippen molar-refractivity contribution in [2.45, 2.75) is 38.3 Å². The van der Waals surface area contributed by atoms with Gasteiger partial charge in [-0.3, -0.25) is 4.90 Å². The van der Waals surface area contributed by atoms with Crippen LogP contribution in [0, 0.1) is 0 Å². The Hall–Kier alpha value is -0.520. The number of halogens is 2. The molecule has 0 aliphatic carbocycles. The van der Waals surface area contributed by atoms with Crippen molar-refractivity contribution >= 4 is 30.5 Å². The van der Waals surface area contributed by atoms with Crippen LogP contribution < -0.4 is 5.73 Å². The van der Waals surface area contributed by atoms with E-state index in [1.54, 1.807) is 0 Å². The number of rotatable bonds is 6. The number of piperidine rings is 1. The summed E-state index contributed by atoms with van der Waals surface area (Å²) >= 11 is 0. The average Bonchev–Trinajstić information content (AvgIpc) is 3.02. The van der Waals surface area contributed by atoms with Crippen LogP contribution in [0.2, 0.25) is 0 Å². The van der Waals surface area contributed by atoms with E-state index in [1.807, 2.05) is 12.1 Å². The van der Waals surface area contributed by atoms with Gasteiger partial charge < -0.3 is 15.4 Å². The highest BCUT2D eigenvalue weighted by atomic mass is 35.5. The number of benzene rings is 1. The van der Waals surface area contributed by atoms with Gasteiger partial charge in [-0.25, -0.2) is 0 Å². The molecule has 4 nitrogen and oxygen atoms in total. The Morgan fingerprint density at radius 1 is 1.00 bits per heavy atom. The first-order valence-electron chi connectivity index (χ1n) is 8.70. The maximum absolute atomic E-state index is 6.07. The van der Waals surface area contributed by atoms with Crippen molar-refractivity contribution < 1.29 is 4.74 Å². The zero-order valence-electron chi connectivity index (χ0n) is 14.4. The molecule has 24 heavy (non-hydrogen) atoms. The molecule has 1 aromatic rings. The van der Waals surface area contributed by atoms with E-state index >= 15 is 0 Å². The third-order valence-electron chi connectivity index (χ3n) is 4.85. The van der Waals surface area contributed by atoms with Gasteiger partial charge in [0, 0.05) is 31.9 Å². The fraction of sp³-hybridized carbons (Fsp3) is 0.667. The normalized spacial score (nSPS) is 19.7. The second-order valence-corrected chi connectivity index (χ2v) is 6.64. The average molecular weight is 376 g/mol. The third-order valence-corrected chi connectivity index (χ3v) is 4.85. The highest BCUT2D eigenvalue weighted by molar-refractivity contribution is 5.85. The van der Waals surface area contributed by atoms with Gasteiger partial charge in [0.05, 0.1) is 12.7 Å². The lowest BCUT2D eigenvalue weighted by Crippen LogP contribution is -2.37. The van der Waals surface area contributed by atoms with Gasteiger partial charge in [-0.05, 0) is 56.5 Å². The Bertz CT molecular complexity index is 461. The summed E-state index contributed by atoms with van der Waals surface area (Å²) in [7, 11) is 0. The minimum Gasteiger partial charge on any atom is -0.399 e. The molecular weight excluding hydrogens is 345 g/mol. The number of nitrogen functional groups attached to an aromatic ring is 1. The monoisotopic (exact) mass is 375 g/mol. The topological polar surface area (TPSA) is 41.7 Å². The van der Waals surface area contributed by atoms with Crippen LogP contribution in [0.5, 0.6) is 0 Å². The van der Waals surface area contributed by atoms with Crippen LogP contribution in [-0.2, 0) is 11.3 Å². The number of ether oxygens (including phenoxy) is 1. The van der Waals surface area contributed by atoms with Crippen molar-refractivity contribution in [2.75, 3.05) is 45.1 Å². The first-order valence-corrected chi connectivity index (χ1v) is 8.70. The van der Waals surface area contributed by atoms with Gasteiger partial charge in [0.1, 0.15) is 0 Å². The Morgan fingerprint density at radius 2 is 1.71 bits per heavy atom. The molecule has 2 aliphatic rings. The van der Waals surface area contributed by atoms with E-state index in [0.29, 0.717) is 6.10 Å². The number of nitrogens with zero attached hydrogens (tertiary/aromatic N) is 2. The lowest BCUT2D eigenvalue weighted by Gasteiger charge is -2.32. The van der Waals surface area contributed by atoms with E-state index in [1.165, 1.54) is 31.5 Å². The van der Waals surface area contributed by atoms with Gasteiger partial charge in [-0.2, -0.15) is 0 Å². The Labute approximate surface area is 158 Å². The van der Waals surface area contributed by atoms with Crippen molar-refractivity contribution in [1.29, 1.82) is 0 Å². The highest BCUT2D eigenvalue weighted by Crippen LogP contribution is 2.17. The summed E-state index contributed by atoms with van der Waals surface area (Å²) in [6, 6.07) is 8.23. The minimum atomic E-state index is 0. The molecule has 2 N–H and O–H groups in total. The molecule has 0 saturated carbocycles. The van der Waals surface area contributed by atoms with Crippen LogP contribution in [0.1, 0.15) is 31.2 Å². The Kier molecular flexibility index (Phi) is 10.0. The van der Waals surface area contributed by atoms with Crippen molar-refractivity contribution in [1.82, 2.24) is 9.80 Å². The molecule has 0 unspecified atom stereocenters. The standard InChI is InChI=1S/C18H29N3O.2ClH/c19-17-5-3-4-16(14-17)15-21-10-6-18(7-11-21)22-13-12-20-8-1-2-9-20;;/h3-5,14,18H,1-2,6-13,15,19H2;2*1H. The second kappa shape index (κ2) is 11.2. The summed E-state index contributed by atoms with van der Waals surface area (Å²) in [5.41, 5.74) is 8.02. The van der Waals surface area contributed by atoms with Crippen molar-refractivity contribution in [2.24, 2.45) is 0 Å². The van der Waals surface area contributed by atoms with Crippen LogP contribution in [0.15, 0.2) is 24.3 Å². The predicted octanol–water partition coefficient (Wildman–Crippen LogP) is 3.19. The summed E-state index contributed by atoms with van der Waals surface area (Å²) in [5.74, 6) is 0. The molecule has 0 atom stereocenters. The molecule has 2 fully saturated rings. The molecule has 3 rings (SSSR count). The van der Waals surface area contributed by atoms with Gasteiger partial charge in [0.2, 0.25) is 0 Å². The van der Waals surface area contributed by atoms with Crippen molar-refractivity contribution in [3.8, 4) is 0 Å². The largest absolute Gasteiger partial charge is 0.399 e. The van der Waals surface area contributed by atoms with Crippen LogP contribution in [0.3, 0.4) is 0 Å². The highest BCUT2D eigenvalue weighted by Gasteiger charge is 2.20. The molecule has 1 aromatic carbocycles. The van der Waals surface area contributed by atoms with Gasteiger partial charge in [0.15, 0.2) is 0 Å². The van der Waals surface area contributed by atoms with Gasteiger partial charge in [-0.15, -0.1) is 24.8 Å². The number of anilines is 1. The molecule has 0 spiro atoms. The number of hydrogen-bond donors (Lipinski definition) is 1. The van der Waals surface area contributed by atoms with Crippen LogP contribution in [0.25, 0.3) is 0 Å². The summed E-state index contributed by atoms with van der Waals surface area (Å²) in [6.07, 6.45) is 5.50. The minimum absolute atomic E-state index is 0.